The van der Waals surface area contributed by atoms with Crippen molar-refractivity contribution in [1.82, 2.24) is 19.3 Å². The van der Waals surface area contributed by atoms with E-state index >= 15 is 0 Å². The van der Waals surface area contributed by atoms with Gasteiger partial charge in [-0.1, -0.05) is 0 Å². The van der Waals surface area contributed by atoms with E-state index in [1.165, 1.54) is 28.0 Å². The van der Waals surface area contributed by atoms with Crippen LogP contribution < -0.4 is 5.56 Å². The van der Waals surface area contributed by atoms with Gasteiger partial charge >= 0.3 is 5.97 Å². The predicted octanol–water partition coefficient (Wildman–Crippen LogP) is 0.486. The molecule has 0 aliphatic heterocycles. The monoisotopic (exact) mass is 312 g/mol. The van der Waals surface area contributed by atoms with Gasteiger partial charge in [-0.15, -0.1) is 0 Å². The average Bonchev–Trinajstić information content (AvgIpc) is 2.67. The van der Waals surface area contributed by atoms with Crippen molar-refractivity contribution < 1.29 is 9.90 Å². The molecule has 0 saturated carbocycles. The third-order valence-corrected chi connectivity index (χ3v) is 3.02. The molecule has 0 aliphatic rings. The average molecular weight is 313 g/mol. The summed E-state index contributed by atoms with van der Waals surface area (Å²) < 4.78 is 3.06. The molecule has 0 spiro atoms. The van der Waals surface area contributed by atoms with Gasteiger partial charge in [-0.2, -0.15) is 5.10 Å². The lowest BCUT2D eigenvalue weighted by molar-refractivity contribution is 0.0695. The van der Waals surface area contributed by atoms with E-state index in [9.17, 15) is 9.59 Å². The summed E-state index contributed by atoms with van der Waals surface area (Å²) >= 11 is 3.08. The van der Waals surface area contributed by atoms with E-state index in [1.54, 1.807) is 7.05 Å². The Bertz CT molecular complexity index is 661. The van der Waals surface area contributed by atoms with Gasteiger partial charge in [0.2, 0.25) is 0 Å². The van der Waals surface area contributed by atoms with Gasteiger partial charge in [0.15, 0.2) is 0 Å². The molecular weight excluding hydrogens is 304 g/mol. The summed E-state index contributed by atoms with van der Waals surface area (Å²) in [4.78, 5) is 26.7. The largest absolute Gasteiger partial charge is 0.478 e. The van der Waals surface area contributed by atoms with Gasteiger partial charge in [-0.25, -0.2) is 9.78 Å². The lowest BCUT2D eigenvalue weighted by Crippen LogP contribution is -2.23. The van der Waals surface area contributed by atoms with Crippen LogP contribution in [0.3, 0.4) is 0 Å². The van der Waals surface area contributed by atoms with E-state index in [1.807, 2.05) is 0 Å². The highest BCUT2D eigenvalue weighted by Gasteiger charge is 2.16. The van der Waals surface area contributed by atoms with Crippen molar-refractivity contribution in [2.75, 3.05) is 0 Å². The van der Waals surface area contributed by atoms with Crippen molar-refractivity contribution >= 4 is 21.9 Å². The van der Waals surface area contributed by atoms with Gasteiger partial charge in [0.1, 0.15) is 10.0 Å². The minimum absolute atomic E-state index is 0.0735. The Morgan fingerprint density at radius 2 is 2.22 bits per heavy atom. The van der Waals surface area contributed by atoms with Gasteiger partial charge in [0, 0.05) is 13.2 Å². The van der Waals surface area contributed by atoms with Crippen LogP contribution in [-0.4, -0.2) is 30.4 Å². The second-order valence-electron chi connectivity index (χ2n) is 3.61. The molecule has 0 saturated heterocycles. The number of carbonyl (C=O) groups is 1. The minimum atomic E-state index is -1.07. The number of hydrogen-bond donors (Lipinski definition) is 1. The van der Waals surface area contributed by atoms with Crippen molar-refractivity contribution in [1.29, 1.82) is 0 Å². The maximum Gasteiger partial charge on any atom is 0.339 e. The molecule has 0 unspecified atom stereocenters. The Balaban J connectivity index is 2.46. The van der Waals surface area contributed by atoms with E-state index in [2.05, 4.69) is 26.0 Å². The molecule has 0 aromatic carbocycles. The van der Waals surface area contributed by atoms with Crippen LogP contribution in [-0.2, 0) is 13.6 Å². The lowest BCUT2D eigenvalue weighted by Gasteiger charge is -2.07. The number of hydrogen-bond acceptors (Lipinski definition) is 4. The fourth-order valence-corrected chi connectivity index (χ4v) is 1.87. The summed E-state index contributed by atoms with van der Waals surface area (Å²) in [6.07, 6.45) is 4.00. The molecule has 0 aliphatic carbocycles. The number of aryl methyl sites for hydroxylation is 1. The van der Waals surface area contributed by atoms with E-state index in [0.29, 0.717) is 10.2 Å². The molecule has 1 N–H and O–H groups in total. The Kier molecular flexibility index (Phi) is 3.28. The first kappa shape index (κ1) is 12.5. The second-order valence-corrected chi connectivity index (χ2v) is 4.46. The van der Waals surface area contributed by atoms with Gasteiger partial charge in [-0.05, 0) is 15.9 Å². The zero-order chi connectivity index (χ0) is 13.3. The number of carboxylic acid groups (broad SMARTS) is 1. The first-order valence-corrected chi connectivity index (χ1v) is 5.74. The molecule has 2 aromatic heterocycles. The molecule has 0 bridgehead atoms. The summed E-state index contributed by atoms with van der Waals surface area (Å²) in [5.74, 6) is -1.07. The maximum absolute atomic E-state index is 11.8. The smallest absolute Gasteiger partial charge is 0.339 e. The Labute approximate surface area is 110 Å². The number of nitrogens with zero attached hydrogens (tertiary/aromatic N) is 4. The van der Waals surface area contributed by atoms with Crippen LogP contribution in [0.15, 0.2) is 28.0 Å². The topological polar surface area (TPSA) is 90.0 Å². The van der Waals surface area contributed by atoms with Crippen LogP contribution in [0, 0.1) is 0 Å². The quantitative estimate of drug-likeness (QED) is 0.890. The van der Waals surface area contributed by atoms with E-state index < -0.39 is 5.97 Å². The number of halogens is 1. The summed E-state index contributed by atoms with van der Waals surface area (Å²) in [5.41, 5.74) is 0.233. The molecular formula is C10H9BrN4O3. The zero-order valence-electron chi connectivity index (χ0n) is 9.37. The number of rotatable bonds is 3. The summed E-state index contributed by atoms with van der Waals surface area (Å²) in [6.45, 7) is 0.101. The van der Waals surface area contributed by atoms with Crippen molar-refractivity contribution in [3.05, 3.63) is 44.8 Å². The number of aromatic nitrogens is 4. The Hall–Kier alpha value is -1.96. The van der Waals surface area contributed by atoms with Crippen LogP contribution >= 0.6 is 15.9 Å². The molecule has 2 heterocycles. The molecule has 94 valence electrons. The molecule has 0 atom stereocenters. The normalized spacial score (nSPS) is 10.6. The van der Waals surface area contributed by atoms with E-state index in [4.69, 9.17) is 5.11 Å². The fraction of sp³-hybridized carbons (Fsp3) is 0.200. The Morgan fingerprint density at radius 1 is 1.50 bits per heavy atom. The molecule has 0 radical (unpaired) electrons. The first-order valence-electron chi connectivity index (χ1n) is 4.95. The van der Waals surface area contributed by atoms with Crippen LogP contribution in [0.1, 0.15) is 16.1 Å². The predicted molar refractivity (Wildman–Crippen MR) is 65.5 cm³/mol. The van der Waals surface area contributed by atoms with Crippen LogP contribution in [0.2, 0.25) is 0 Å². The zero-order valence-corrected chi connectivity index (χ0v) is 11.0. The summed E-state index contributed by atoms with van der Waals surface area (Å²) in [7, 11) is 1.62. The third kappa shape index (κ3) is 2.19. The highest BCUT2D eigenvalue weighted by Crippen LogP contribution is 2.09. The standard InChI is InChI=1S/C10H9BrN4O3/c1-14-8(6(2-13-14)10(17)18)4-15-5-12-3-7(11)9(15)16/h2-3,5H,4H2,1H3,(H,17,18). The first-order chi connectivity index (χ1) is 8.50. The molecule has 2 rings (SSSR count). The molecule has 18 heavy (non-hydrogen) atoms. The third-order valence-electron chi connectivity index (χ3n) is 2.47. The van der Waals surface area contributed by atoms with Crippen molar-refractivity contribution in [3.63, 3.8) is 0 Å². The van der Waals surface area contributed by atoms with Crippen molar-refractivity contribution in [2.24, 2.45) is 7.05 Å². The van der Waals surface area contributed by atoms with Crippen LogP contribution in [0.4, 0.5) is 0 Å². The SMILES string of the molecule is Cn1ncc(C(=O)O)c1Cn1cncc(Br)c1=O. The number of aromatic carboxylic acids is 1. The molecule has 7 nitrogen and oxygen atoms in total. The molecule has 2 aromatic rings. The summed E-state index contributed by atoms with van der Waals surface area (Å²) in [5, 5.41) is 12.9. The molecule has 0 fully saturated rings. The highest BCUT2D eigenvalue weighted by molar-refractivity contribution is 9.10. The molecule has 0 amide bonds. The van der Waals surface area contributed by atoms with Crippen LogP contribution in [0.5, 0.6) is 0 Å². The summed E-state index contributed by atoms with van der Waals surface area (Å²) in [6, 6.07) is 0. The number of carboxylic acids is 1. The van der Waals surface area contributed by atoms with Crippen molar-refractivity contribution in [3.8, 4) is 0 Å². The highest BCUT2D eigenvalue weighted by atomic mass is 79.9. The van der Waals surface area contributed by atoms with E-state index in [-0.39, 0.29) is 17.7 Å². The van der Waals surface area contributed by atoms with Gasteiger partial charge in [-0.3, -0.25) is 14.0 Å². The van der Waals surface area contributed by atoms with Crippen molar-refractivity contribution in [2.45, 2.75) is 6.54 Å². The van der Waals surface area contributed by atoms with Gasteiger partial charge in [0.05, 0.1) is 24.8 Å². The van der Waals surface area contributed by atoms with Crippen LogP contribution in [0.25, 0.3) is 0 Å². The molecule has 8 heteroatoms. The minimum Gasteiger partial charge on any atom is -0.478 e. The Morgan fingerprint density at radius 3 is 2.89 bits per heavy atom. The fourth-order valence-electron chi connectivity index (χ4n) is 1.53. The second kappa shape index (κ2) is 4.73. The maximum atomic E-state index is 11.8. The lowest BCUT2D eigenvalue weighted by atomic mass is 10.2. The van der Waals surface area contributed by atoms with Gasteiger partial charge < -0.3 is 5.11 Å². The van der Waals surface area contributed by atoms with E-state index in [0.717, 1.165) is 0 Å². The van der Waals surface area contributed by atoms with Gasteiger partial charge in [0.25, 0.3) is 5.56 Å².